The number of hydrogen-bond donors (Lipinski definition) is 1. The summed E-state index contributed by atoms with van der Waals surface area (Å²) in [4.78, 5) is 26.0. The van der Waals surface area contributed by atoms with Gasteiger partial charge in [0.25, 0.3) is 11.8 Å². The van der Waals surface area contributed by atoms with Gasteiger partial charge in [-0.1, -0.05) is 24.4 Å². The zero-order valence-corrected chi connectivity index (χ0v) is 11.6. The van der Waals surface area contributed by atoms with Crippen LogP contribution in [0.25, 0.3) is 0 Å². The van der Waals surface area contributed by atoms with Gasteiger partial charge in [-0.2, -0.15) is 0 Å². The van der Waals surface area contributed by atoms with Crippen molar-refractivity contribution in [2.75, 3.05) is 4.90 Å². The van der Waals surface area contributed by atoms with Crippen LogP contribution in [0.3, 0.4) is 0 Å². The van der Waals surface area contributed by atoms with Gasteiger partial charge < -0.3 is 10.5 Å². The van der Waals surface area contributed by atoms with Crippen molar-refractivity contribution in [2.24, 2.45) is 5.73 Å². The van der Waals surface area contributed by atoms with Crippen LogP contribution in [0.5, 0.6) is 0 Å². The summed E-state index contributed by atoms with van der Waals surface area (Å²) in [5.74, 6) is -0.545. The number of nitrogens with zero attached hydrogens (tertiary/aromatic N) is 1. The van der Waals surface area contributed by atoms with Crippen LogP contribution in [0.1, 0.15) is 18.4 Å². The molecule has 2 heterocycles. The lowest BCUT2D eigenvalue weighted by molar-refractivity contribution is -0.146. The van der Waals surface area contributed by atoms with E-state index in [1.807, 2.05) is 12.1 Å². The van der Waals surface area contributed by atoms with Crippen molar-refractivity contribution >= 4 is 34.7 Å². The smallest absolute Gasteiger partial charge is 0.262 e. The van der Waals surface area contributed by atoms with Gasteiger partial charge in [-0.25, -0.2) is 4.90 Å². The van der Waals surface area contributed by atoms with Gasteiger partial charge in [0.15, 0.2) is 0 Å². The standard InChI is InChI=1S/C14H14N2O3S/c15-12(20)7-8-1-3-9(4-2-8)16-13(17)10-5-6-11(19-10)14(16)18/h1-4,10-11H,5-7H2,(H2,15,20). The number of anilines is 1. The molecule has 104 valence electrons. The molecule has 2 amide bonds. The Bertz CT molecular complexity index is 563. The Morgan fingerprint density at radius 2 is 1.75 bits per heavy atom. The SMILES string of the molecule is NC(=S)Cc1ccc(N2C(=O)C3CCC(O3)C2=O)cc1. The molecule has 0 saturated carbocycles. The summed E-state index contributed by atoms with van der Waals surface area (Å²) in [5, 5.41) is 0. The fourth-order valence-electron chi connectivity index (χ4n) is 2.62. The van der Waals surface area contributed by atoms with Crippen LogP contribution in [-0.4, -0.2) is 29.0 Å². The number of rotatable bonds is 3. The lowest BCUT2D eigenvalue weighted by Crippen LogP contribution is -2.52. The summed E-state index contributed by atoms with van der Waals surface area (Å²) in [5.41, 5.74) is 7.02. The molecule has 0 aromatic heterocycles. The molecule has 2 aliphatic rings. The van der Waals surface area contributed by atoms with E-state index in [1.54, 1.807) is 12.1 Å². The number of nitrogens with two attached hydrogens (primary N) is 1. The molecule has 1 aromatic rings. The second-order valence-corrected chi connectivity index (χ2v) is 5.54. The van der Waals surface area contributed by atoms with Crippen LogP contribution in [-0.2, 0) is 20.7 Å². The average Bonchev–Trinajstić information content (AvgIpc) is 2.85. The number of ether oxygens (including phenoxy) is 1. The molecule has 2 aliphatic heterocycles. The fourth-order valence-corrected chi connectivity index (χ4v) is 2.78. The van der Waals surface area contributed by atoms with Gasteiger partial charge in [0.1, 0.15) is 12.2 Å². The molecule has 1 aromatic carbocycles. The zero-order chi connectivity index (χ0) is 14.3. The number of morpholine rings is 1. The minimum absolute atomic E-state index is 0.272. The highest BCUT2D eigenvalue weighted by Crippen LogP contribution is 2.31. The summed E-state index contributed by atoms with van der Waals surface area (Å²) in [6.07, 6.45) is 0.783. The normalized spacial score (nSPS) is 25.1. The molecule has 2 bridgehead atoms. The third kappa shape index (κ3) is 2.21. The molecule has 0 radical (unpaired) electrons. The van der Waals surface area contributed by atoms with Gasteiger partial charge in [-0.15, -0.1) is 0 Å². The molecule has 2 unspecified atom stereocenters. The van der Waals surface area contributed by atoms with Crippen molar-refractivity contribution in [3.63, 3.8) is 0 Å². The van der Waals surface area contributed by atoms with E-state index in [-0.39, 0.29) is 11.8 Å². The van der Waals surface area contributed by atoms with Crippen molar-refractivity contribution in [2.45, 2.75) is 31.5 Å². The van der Waals surface area contributed by atoms with Crippen molar-refractivity contribution in [1.29, 1.82) is 0 Å². The quantitative estimate of drug-likeness (QED) is 0.662. The third-order valence-electron chi connectivity index (χ3n) is 3.58. The highest BCUT2D eigenvalue weighted by Gasteiger charge is 2.46. The predicted octanol–water partition coefficient (Wildman–Crippen LogP) is 0.936. The molecule has 0 spiro atoms. The van der Waals surface area contributed by atoms with Crippen LogP contribution in [0.15, 0.2) is 24.3 Å². The average molecular weight is 290 g/mol. The van der Waals surface area contributed by atoms with Crippen LogP contribution >= 0.6 is 12.2 Å². The molecular formula is C14H14N2O3S. The summed E-state index contributed by atoms with van der Waals surface area (Å²) < 4.78 is 5.38. The maximum atomic E-state index is 12.2. The molecule has 2 atom stereocenters. The number of carbonyl (C=O) groups is 2. The van der Waals surface area contributed by atoms with Crippen molar-refractivity contribution in [3.8, 4) is 0 Å². The Labute approximate surface area is 121 Å². The Morgan fingerprint density at radius 3 is 2.25 bits per heavy atom. The van der Waals surface area contributed by atoms with Crippen molar-refractivity contribution < 1.29 is 14.3 Å². The van der Waals surface area contributed by atoms with Crippen molar-refractivity contribution in [3.05, 3.63) is 29.8 Å². The molecular weight excluding hydrogens is 276 g/mol. The number of fused-ring (bicyclic) bond motifs is 2. The molecule has 6 heteroatoms. The first-order chi connectivity index (χ1) is 9.56. The van der Waals surface area contributed by atoms with E-state index >= 15 is 0 Å². The van der Waals surface area contributed by atoms with Gasteiger partial charge in [0, 0.05) is 6.42 Å². The summed E-state index contributed by atoms with van der Waals surface area (Å²) in [6, 6.07) is 7.14. The van der Waals surface area contributed by atoms with E-state index < -0.39 is 12.2 Å². The van der Waals surface area contributed by atoms with Crippen LogP contribution in [0.2, 0.25) is 0 Å². The number of carbonyl (C=O) groups excluding carboxylic acids is 2. The number of hydrogen-bond acceptors (Lipinski definition) is 4. The number of thiocarbonyl (C=S) groups is 1. The van der Waals surface area contributed by atoms with Crippen molar-refractivity contribution in [1.82, 2.24) is 0 Å². The Morgan fingerprint density at radius 1 is 1.20 bits per heavy atom. The summed E-state index contributed by atoms with van der Waals surface area (Å²) in [6.45, 7) is 0. The zero-order valence-electron chi connectivity index (χ0n) is 10.7. The molecule has 3 rings (SSSR count). The Kier molecular flexibility index (Phi) is 3.27. The maximum Gasteiger partial charge on any atom is 0.262 e. The van der Waals surface area contributed by atoms with Gasteiger partial charge in [-0.3, -0.25) is 9.59 Å². The Hall–Kier alpha value is -1.79. The van der Waals surface area contributed by atoms with E-state index in [4.69, 9.17) is 22.7 Å². The highest BCUT2D eigenvalue weighted by atomic mass is 32.1. The van der Waals surface area contributed by atoms with E-state index in [1.165, 1.54) is 4.90 Å². The predicted molar refractivity (Wildman–Crippen MR) is 77.3 cm³/mol. The lowest BCUT2D eigenvalue weighted by Gasteiger charge is -2.29. The molecule has 2 fully saturated rings. The molecule has 2 saturated heterocycles. The minimum Gasteiger partial charge on any atom is -0.393 e. The lowest BCUT2D eigenvalue weighted by atomic mass is 10.1. The van der Waals surface area contributed by atoms with E-state index in [2.05, 4.69) is 0 Å². The highest BCUT2D eigenvalue weighted by molar-refractivity contribution is 7.80. The number of imide groups is 1. The maximum absolute atomic E-state index is 12.2. The van der Waals surface area contributed by atoms with Gasteiger partial charge in [0.2, 0.25) is 0 Å². The van der Waals surface area contributed by atoms with Crippen LogP contribution in [0, 0.1) is 0 Å². The topological polar surface area (TPSA) is 72.6 Å². The Balaban J connectivity index is 1.86. The second kappa shape index (κ2) is 4.96. The molecule has 5 nitrogen and oxygen atoms in total. The van der Waals surface area contributed by atoms with Gasteiger partial charge >= 0.3 is 0 Å². The monoisotopic (exact) mass is 290 g/mol. The van der Waals surface area contributed by atoms with Gasteiger partial charge in [0.05, 0.1) is 10.7 Å². The van der Waals surface area contributed by atoms with Crippen LogP contribution < -0.4 is 10.6 Å². The minimum atomic E-state index is -0.478. The van der Waals surface area contributed by atoms with E-state index in [0.29, 0.717) is 29.9 Å². The number of amides is 2. The third-order valence-corrected chi connectivity index (χ3v) is 3.73. The summed E-state index contributed by atoms with van der Waals surface area (Å²) in [7, 11) is 0. The summed E-state index contributed by atoms with van der Waals surface area (Å²) >= 11 is 4.85. The van der Waals surface area contributed by atoms with Gasteiger partial charge in [-0.05, 0) is 30.5 Å². The second-order valence-electron chi connectivity index (χ2n) is 5.01. The van der Waals surface area contributed by atoms with E-state index in [0.717, 1.165) is 5.56 Å². The van der Waals surface area contributed by atoms with E-state index in [9.17, 15) is 9.59 Å². The first kappa shape index (κ1) is 13.2. The first-order valence-electron chi connectivity index (χ1n) is 6.47. The number of benzene rings is 1. The molecule has 2 N–H and O–H groups in total. The molecule has 20 heavy (non-hydrogen) atoms. The molecule has 0 aliphatic carbocycles. The van der Waals surface area contributed by atoms with Crippen LogP contribution in [0.4, 0.5) is 5.69 Å². The fraction of sp³-hybridized carbons (Fsp3) is 0.357. The largest absolute Gasteiger partial charge is 0.393 e. The first-order valence-corrected chi connectivity index (χ1v) is 6.87.